The van der Waals surface area contributed by atoms with Crippen molar-refractivity contribution in [2.45, 2.75) is 36.8 Å². The second kappa shape index (κ2) is 5.68. The van der Waals surface area contributed by atoms with Gasteiger partial charge < -0.3 is 24.8 Å². The Hall–Kier alpha value is -2.38. The van der Waals surface area contributed by atoms with E-state index in [4.69, 9.17) is 9.47 Å². The minimum Gasteiger partial charge on any atom is -0.508 e. The maximum absolute atomic E-state index is 11.8. The molecular formula is C16H16O7. The average molecular weight is 320 g/mol. The number of phenols is 1. The number of aliphatic hydroxyl groups excluding tert-OH is 1. The topological polar surface area (TPSA) is 113 Å². The highest BCUT2D eigenvalue weighted by Crippen LogP contribution is 2.39. The lowest BCUT2D eigenvalue weighted by molar-refractivity contribution is -0.162. The minimum absolute atomic E-state index is 0.00436. The van der Waals surface area contributed by atoms with Crippen LogP contribution < -0.4 is 0 Å². The van der Waals surface area contributed by atoms with Crippen molar-refractivity contribution in [1.29, 1.82) is 0 Å². The molecule has 1 aliphatic carbocycles. The van der Waals surface area contributed by atoms with Gasteiger partial charge in [-0.15, -0.1) is 0 Å². The van der Waals surface area contributed by atoms with Crippen LogP contribution in [0.5, 0.6) is 5.75 Å². The Kier molecular flexibility index (Phi) is 3.83. The summed E-state index contributed by atoms with van der Waals surface area (Å²) in [5, 5.41) is 29.3. The molecule has 23 heavy (non-hydrogen) atoms. The van der Waals surface area contributed by atoms with E-state index in [1.807, 2.05) is 0 Å². The van der Waals surface area contributed by atoms with Crippen LogP contribution >= 0.6 is 0 Å². The molecule has 3 rings (SSSR count). The van der Waals surface area contributed by atoms with E-state index in [1.54, 1.807) is 12.1 Å². The number of aliphatic hydroxyl groups is 2. The number of hydrogen-bond acceptors (Lipinski definition) is 7. The molecule has 2 fully saturated rings. The predicted molar refractivity (Wildman–Crippen MR) is 77.1 cm³/mol. The molecule has 0 unspecified atom stereocenters. The van der Waals surface area contributed by atoms with E-state index in [0.717, 1.165) is 0 Å². The summed E-state index contributed by atoms with van der Waals surface area (Å²) in [6.07, 6.45) is -0.563. The number of benzene rings is 1. The van der Waals surface area contributed by atoms with Gasteiger partial charge in [-0.3, -0.25) is 0 Å². The largest absolute Gasteiger partial charge is 0.508 e. The summed E-state index contributed by atoms with van der Waals surface area (Å²) >= 11 is 0. The fourth-order valence-corrected chi connectivity index (χ4v) is 2.80. The Morgan fingerprint density at radius 1 is 1.30 bits per heavy atom. The number of fused-ring (bicyclic) bond motifs is 2. The standard InChI is InChI=1S/C16H16O7/c17-10-4-1-9(2-5-10)3-6-13(18)22-11-7-16(21)8-12(14(11)19)23-15(16)20/h1-6,11-12,14,17,19,21H,7-8H2/b6-3+/t11-,12-,14-,16+/m0/s1. The summed E-state index contributed by atoms with van der Waals surface area (Å²) in [5.41, 5.74) is -1.02. The number of rotatable bonds is 3. The van der Waals surface area contributed by atoms with Crippen LogP contribution in [0.3, 0.4) is 0 Å². The van der Waals surface area contributed by atoms with E-state index in [0.29, 0.717) is 5.56 Å². The lowest BCUT2D eigenvalue weighted by Gasteiger charge is -2.32. The number of phenolic OH excluding ortho intramolecular Hbond substituents is 1. The molecule has 1 heterocycles. The zero-order valence-corrected chi connectivity index (χ0v) is 12.1. The van der Waals surface area contributed by atoms with Crippen LogP contribution in [0.1, 0.15) is 18.4 Å². The molecule has 1 aromatic carbocycles. The minimum atomic E-state index is -1.70. The van der Waals surface area contributed by atoms with Crippen molar-refractivity contribution in [3.63, 3.8) is 0 Å². The smallest absolute Gasteiger partial charge is 0.338 e. The van der Waals surface area contributed by atoms with E-state index < -0.39 is 35.9 Å². The third kappa shape index (κ3) is 3.06. The molecule has 0 amide bonds. The zero-order valence-electron chi connectivity index (χ0n) is 12.1. The molecule has 7 heteroatoms. The van der Waals surface area contributed by atoms with Gasteiger partial charge in [0.1, 0.15) is 24.1 Å². The Morgan fingerprint density at radius 2 is 2.00 bits per heavy atom. The Morgan fingerprint density at radius 3 is 2.70 bits per heavy atom. The van der Waals surface area contributed by atoms with Crippen molar-refractivity contribution in [2.24, 2.45) is 0 Å². The molecule has 4 atom stereocenters. The van der Waals surface area contributed by atoms with Gasteiger partial charge in [-0.2, -0.15) is 0 Å². The lowest BCUT2D eigenvalue weighted by atomic mass is 9.82. The molecule has 1 aliphatic heterocycles. The van der Waals surface area contributed by atoms with Gasteiger partial charge in [0, 0.05) is 18.9 Å². The molecule has 0 radical (unpaired) electrons. The molecule has 1 saturated heterocycles. The fourth-order valence-electron chi connectivity index (χ4n) is 2.80. The number of ether oxygens (including phenoxy) is 2. The maximum Gasteiger partial charge on any atom is 0.338 e. The van der Waals surface area contributed by atoms with Crippen LogP contribution in [0, 0.1) is 0 Å². The summed E-state index contributed by atoms with van der Waals surface area (Å²) in [6.45, 7) is 0. The van der Waals surface area contributed by atoms with Gasteiger partial charge >= 0.3 is 11.9 Å². The molecule has 0 spiro atoms. The van der Waals surface area contributed by atoms with Crippen LogP contribution in [-0.2, 0) is 19.1 Å². The summed E-state index contributed by atoms with van der Waals surface area (Å²) in [7, 11) is 0. The van der Waals surface area contributed by atoms with Gasteiger partial charge in [-0.1, -0.05) is 12.1 Å². The molecular weight excluding hydrogens is 304 g/mol. The Bertz CT molecular complexity index is 651. The molecule has 122 valence electrons. The molecule has 1 aromatic rings. The molecule has 7 nitrogen and oxygen atoms in total. The number of carbonyl (C=O) groups excluding carboxylic acids is 2. The fraction of sp³-hybridized carbons (Fsp3) is 0.375. The van der Waals surface area contributed by atoms with Gasteiger partial charge in [0.25, 0.3) is 0 Å². The van der Waals surface area contributed by atoms with Crippen LogP contribution in [-0.4, -0.2) is 51.2 Å². The van der Waals surface area contributed by atoms with Crippen LogP contribution in [0.25, 0.3) is 6.08 Å². The lowest BCUT2D eigenvalue weighted by Crippen LogP contribution is -2.50. The number of hydrogen-bond donors (Lipinski definition) is 3. The molecule has 1 saturated carbocycles. The number of esters is 2. The second-order valence-electron chi connectivity index (χ2n) is 5.77. The molecule has 2 bridgehead atoms. The van der Waals surface area contributed by atoms with Gasteiger partial charge in [0.15, 0.2) is 5.60 Å². The molecule has 3 N–H and O–H groups in total. The average Bonchev–Trinajstić information content (AvgIpc) is 2.76. The van der Waals surface area contributed by atoms with E-state index >= 15 is 0 Å². The zero-order chi connectivity index (χ0) is 16.6. The Balaban J connectivity index is 1.64. The normalized spacial score (nSPS) is 32.8. The Labute approximate surface area is 131 Å². The van der Waals surface area contributed by atoms with Crippen LogP contribution in [0.15, 0.2) is 30.3 Å². The first-order valence-corrected chi connectivity index (χ1v) is 7.17. The number of aromatic hydroxyl groups is 1. The summed E-state index contributed by atoms with van der Waals surface area (Å²) < 4.78 is 10.0. The third-order valence-electron chi connectivity index (χ3n) is 4.05. The van der Waals surface area contributed by atoms with Crippen LogP contribution in [0.2, 0.25) is 0 Å². The highest BCUT2D eigenvalue weighted by molar-refractivity contribution is 5.87. The van der Waals surface area contributed by atoms with Crippen molar-refractivity contribution < 1.29 is 34.4 Å². The van der Waals surface area contributed by atoms with Gasteiger partial charge in [0.2, 0.25) is 0 Å². The summed E-state index contributed by atoms with van der Waals surface area (Å²) in [4.78, 5) is 23.4. The predicted octanol–water partition coefficient (Wildman–Crippen LogP) is 0.128. The quantitative estimate of drug-likeness (QED) is 0.536. The van der Waals surface area contributed by atoms with E-state index in [-0.39, 0.29) is 18.6 Å². The summed E-state index contributed by atoms with van der Waals surface area (Å²) in [6, 6.07) is 6.19. The summed E-state index contributed by atoms with van der Waals surface area (Å²) in [5.74, 6) is -1.39. The van der Waals surface area contributed by atoms with Gasteiger partial charge in [-0.05, 0) is 23.8 Å². The van der Waals surface area contributed by atoms with E-state index in [2.05, 4.69) is 0 Å². The maximum atomic E-state index is 11.8. The molecule has 2 aliphatic rings. The third-order valence-corrected chi connectivity index (χ3v) is 4.05. The van der Waals surface area contributed by atoms with E-state index in [9.17, 15) is 24.9 Å². The van der Waals surface area contributed by atoms with Crippen LogP contribution in [0.4, 0.5) is 0 Å². The van der Waals surface area contributed by atoms with Gasteiger partial charge in [0.05, 0.1) is 0 Å². The van der Waals surface area contributed by atoms with E-state index in [1.165, 1.54) is 24.3 Å². The second-order valence-corrected chi connectivity index (χ2v) is 5.77. The first-order chi connectivity index (χ1) is 10.9. The highest BCUT2D eigenvalue weighted by Gasteiger charge is 2.58. The monoisotopic (exact) mass is 320 g/mol. The first kappa shape index (κ1) is 15.5. The van der Waals surface area contributed by atoms with Crippen molar-refractivity contribution >= 4 is 18.0 Å². The van der Waals surface area contributed by atoms with Crippen molar-refractivity contribution in [1.82, 2.24) is 0 Å². The molecule has 0 aromatic heterocycles. The first-order valence-electron chi connectivity index (χ1n) is 7.17. The van der Waals surface area contributed by atoms with Crippen molar-refractivity contribution in [2.75, 3.05) is 0 Å². The van der Waals surface area contributed by atoms with Crippen molar-refractivity contribution in [3.8, 4) is 5.75 Å². The highest BCUT2D eigenvalue weighted by atomic mass is 16.6. The van der Waals surface area contributed by atoms with Gasteiger partial charge in [-0.25, -0.2) is 9.59 Å². The van der Waals surface area contributed by atoms with Crippen molar-refractivity contribution in [3.05, 3.63) is 35.9 Å². The SMILES string of the molecule is O=C(/C=C/c1ccc(O)cc1)O[C@H]1C[C@@]2(O)C[C@H](OC2=O)[C@H]1O. The number of carbonyl (C=O) groups is 2.